The average Bonchev–Trinajstić information content (AvgIpc) is 2.39. The Balaban J connectivity index is 1.70. The molecule has 2 heterocycles. The van der Waals surface area contributed by atoms with Crippen molar-refractivity contribution < 1.29 is 4.74 Å². The first-order valence-corrected chi connectivity index (χ1v) is 6.94. The highest BCUT2D eigenvalue weighted by molar-refractivity contribution is 5.15. The Morgan fingerprint density at radius 2 is 2.22 bits per heavy atom. The predicted molar refractivity (Wildman–Crippen MR) is 72.5 cm³/mol. The fraction of sp³-hybridized carbons (Fsp3) is 0.600. The van der Waals surface area contributed by atoms with E-state index in [1.54, 1.807) is 0 Å². The molecule has 1 aromatic carbocycles. The summed E-state index contributed by atoms with van der Waals surface area (Å²) in [5.74, 6) is 0. The molecule has 0 spiro atoms. The van der Waals surface area contributed by atoms with Crippen molar-refractivity contribution in [3.8, 4) is 0 Å². The van der Waals surface area contributed by atoms with E-state index in [9.17, 15) is 0 Å². The van der Waals surface area contributed by atoms with Gasteiger partial charge in [-0.05, 0) is 12.0 Å². The molecular formula is C15H22N2O. The van der Waals surface area contributed by atoms with Crippen LogP contribution in [0.25, 0.3) is 0 Å². The Kier molecular flexibility index (Phi) is 3.37. The molecule has 3 rings (SSSR count). The second kappa shape index (κ2) is 5.00. The minimum atomic E-state index is 0.0376. The van der Waals surface area contributed by atoms with E-state index >= 15 is 0 Å². The van der Waals surface area contributed by atoms with E-state index in [1.165, 1.54) is 5.56 Å². The van der Waals surface area contributed by atoms with Gasteiger partial charge in [-0.15, -0.1) is 0 Å². The molecule has 2 fully saturated rings. The van der Waals surface area contributed by atoms with Crippen molar-refractivity contribution >= 4 is 0 Å². The summed E-state index contributed by atoms with van der Waals surface area (Å²) in [6, 6.07) is 10.7. The number of hydrogen-bond acceptors (Lipinski definition) is 3. The standard InChI is InChI=1S/C15H22N2O/c1-2-15-11-16-8-14(18-15)10-17(12-15)9-13-6-4-3-5-7-13/h3-7,14,16H,2,8-12H2,1H3. The summed E-state index contributed by atoms with van der Waals surface area (Å²) in [7, 11) is 0. The summed E-state index contributed by atoms with van der Waals surface area (Å²) < 4.78 is 6.22. The maximum Gasteiger partial charge on any atom is 0.0934 e. The summed E-state index contributed by atoms with van der Waals surface area (Å²) in [5.41, 5.74) is 1.44. The molecule has 2 bridgehead atoms. The Morgan fingerprint density at radius 3 is 3.00 bits per heavy atom. The van der Waals surface area contributed by atoms with Crippen molar-refractivity contribution in [2.45, 2.75) is 31.6 Å². The fourth-order valence-corrected chi connectivity index (χ4v) is 3.14. The van der Waals surface area contributed by atoms with Crippen LogP contribution in [0.3, 0.4) is 0 Å². The van der Waals surface area contributed by atoms with Crippen LogP contribution in [0.4, 0.5) is 0 Å². The number of fused-ring (bicyclic) bond motifs is 2. The Labute approximate surface area is 109 Å². The molecular weight excluding hydrogens is 224 g/mol. The minimum absolute atomic E-state index is 0.0376. The molecule has 18 heavy (non-hydrogen) atoms. The van der Waals surface area contributed by atoms with Crippen LogP contribution in [0.5, 0.6) is 0 Å². The number of ether oxygens (including phenoxy) is 1. The van der Waals surface area contributed by atoms with Crippen LogP contribution < -0.4 is 5.32 Å². The van der Waals surface area contributed by atoms with Crippen molar-refractivity contribution in [1.82, 2.24) is 10.2 Å². The number of rotatable bonds is 3. The fourth-order valence-electron chi connectivity index (χ4n) is 3.14. The molecule has 2 unspecified atom stereocenters. The third-order valence-electron chi connectivity index (χ3n) is 4.10. The highest BCUT2D eigenvalue weighted by atomic mass is 16.5. The second-order valence-electron chi connectivity index (χ2n) is 5.56. The molecule has 0 saturated carbocycles. The van der Waals surface area contributed by atoms with Gasteiger partial charge in [0.05, 0.1) is 11.7 Å². The van der Waals surface area contributed by atoms with E-state index in [4.69, 9.17) is 4.74 Å². The number of nitrogens with one attached hydrogen (secondary N) is 1. The lowest BCUT2D eigenvalue weighted by Gasteiger charge is -2.49. The zero-order chi connectivity index (χ0) is 12.4. The van der Waals surface area contributed by atoms with E-state index in [0.717, 1.165) is 39.1 Å². The number of benzene rings is 1. The summed E-state index contributed by atoms with van der Waals surface area (Å²) in [6.07, 6.45) is 1.44. The van der Waals surface area contributed by atoms with E-state index in [-0.39, 0.29) is 5.60 Å². The monoisotopic (exact) mass is 246 g/mol. The molecule has 2 saturated heterocycles. The lowest BCUT2D eigenvalue weighted by atomic mass is 9.94. The summed E-state index contributed by atoms with van der Waals surface area (Å²) >= 11 is 0. The van der Waals surface area contributed by atoms with Crippen LogP contribution >= 0.6 is 0 Å². The quantitative estimate of drug-likeness (QED) is 0.877. The molecule has 2 aliphatic rings. The third kappa shape index (κ3) is 2.44. The maximum atomic E-state index is 6.22. The second-order valence-corrected chi connectivity index (χ2v) is 5.56. The van der Waals surface area contributed by atoms with Gasteiger partial charge in [-0.25, -0.2) is 0 Å². The maximum absolute atomic E-state index is 6.22. The van der Waals surface area contributed by atoms with Gasteiger partial charge in [-0.3, -0.25) is 4.90 Å². The van der Waals surface area contributed by atoms with Gasteiger partial charge in [-0.1, -0.05) is 37.3 Å². The Bertz CT molecular complexity index is 395. The minimum Gasteiger partial charge on any atom is -0.366 e. The summed E-state index contributed by atoms with van der Waals surface area (Å²) in [6.45, 7) is 7.35. The van der Waals surface area contributed by atoms with Crippen LogP contribution in [-0.4, -0.2) is 42.8 Å². The number of hydrogen-bond donors (Lipinski definition) is 1. The molecule has 3 nitrogen and oxygen atoms in total. The largest absolute Gasteiger partial charge is 0.366 e. The van der Waals surface area contributed by atoms with Gasteiger partial charge in [0, 0.05) is 32.7 Å². The van der Waals surface area contributed by atoms with Gasteiger partial charge < -0.3 is 10.1 Å². The van der Waals surface area contributed by atoms with Crippen molar-refractivity contribution in [2.24, 2.45) is 0 Å². The number of morpholine rings is 2. The topological polar surface area (TPSA) is 24.5 Å². The SMILES string of the molecule is CCC12CNCC(CN(Cc3ccccc3)C1)O2. The third-order valence-corrected chi connectivity index (χ3v) is 4.10. The van der Waals surface area contributed by atoms with Crippen LogP contribution in [0.1, 0.15) is 18.9 Å². The molecule has 0 radical (unpaired) electrons. The first kappa shape index (κ1) is 12.2. The van der Waals surface area contributed by atoms with E-state index in [0.29, 0.717) is 6.10 Å². The van der Waals surface area contributed by atoms with Gasteiger partial charge in [0.15, 0.2) is 0 Å². The van der Waals surface area contributed by atoms with Crippen LogP contribution in [0.2, 0.25) is 0 Å². The molecule has 1 aromatic rings. The lowest BCUT2D eigenvalue weighted by Crippen LogP contribution is -2.65. The molecule has 0 aliphatic carbocycles. The normalized spacial score (nSPS) is 32.4. The summed E-state index contributed by atoms with van der Waals surface area (Å²) in [4.78, 5) is 2.55. The van der Waals surface area contributed by atoms with Crippen LogP contribution in [-0.2, 0) is 11.3 Å². The van der Waals surface area contributed by atoms with Crippen molar-refractivity contribution in [1.29, 1.82) is 0 Å². The predicted octanol–water partition coefficient (Wildman–Crippen LogP) is 1.64. The van der Waals surface area contributed by atoms with Crippen molar-refractivity contribution in [3.05, 3.63) is 35.9 Å². The first-order valence-electron chi connectivity index (χ1n) is 6.94. The zero-order valence-electron chi connectivity index (χ0n) is 11.1. The van der Waals surface area contributed by atoms with Gasteiger partial charge in [0.2, 0.25) is 0 Å². The van der Waals surface area contributed by atoms with Gasteiger partial charge >= 0.3 is 0 Å². The molecule has 1 N–H and O–H groups in total. The first-order chi connectivity index (χ1) is 8.80. The van der Waals surface area contributed by atoms with Crippen molar-refractivity contribution in [2.75, 3.05) is 26.2 Å². The molecule has 0 amide bonds. The smallest absolute Gasteiger partial charge is 0.0934 e. The highest BCUT2D eigenvalue weighted by Gasteiger charge is 2.41. The van der Waals surface area contributed by atoms with Gasteiger partial charge in [0.25, 0.3) is 0 Å². The molecule has 2 aliphatic heterocycles. The Morgan fingerprint density at radius 1 is 1.39 bits per heavy atom. The number of nitrogens with zero attached hydrogens (tertiary/aromatic N) is 1. The Hall–Kier alpha value is -0.900. The molecule has 3 heteroatoms. The highest BCUT2D eigenvalue weighted by Crippen LogP contribution is 2.28. The molecule has 98 valence electrons. The van der Waals surface area contributed by atoms with E-state index < -0.39 is 0 Å². The molecule has 0 aromatic heterocycles. The van der Waals surface area contributed by atoms with E-state index in [1.807, 2.05) is 0 Å². The lowest BCUT2D eigenvalue weighted by molar-refractivity contribution is -0.174. The van der Waals surface area contributed by atoms with Crippen LogP contribution in [0.15, 0.2) is 30.3 Å². The van der Waals surface area contributed by atoms with E-state index in [2.05, 4.69) is 47.5 Å². The average molecular weight is 246 g/mol. The zero-order valence-corrected chi connectivity index (χ0v) is 11.1. The van der Waals surface area contributed by atoms with Gasteiger partial charge in [0.1, 0.15) is 0 Å². The van der Waals surface area contributed by atoms with Gasteiger partial charge in [-0.2, -0.15) is 0 Å². The van der Waals surface area contributed by atoms with Crippen LogP contribution in [0, 0.1) is 0 Å². The summed E-state index contributed by atoms with van der Waals surface area (Å²) in [5, 5.41) is 3.51. The molecule has 2 atom stereocenters. The van der Waals surface area contributed by atoms with Crippen molar-refractivity contribution in [3.63, 3.8) is 0 Å².